The number of unbranched alkanes of at least 4 members (excludes halogenated alkanes) is 4. The number of benzene rings is 1. The van der Waals surface area contributed by atoms with Crippen molar-refractivity contribution in [3.8, 4) is 5.75 Å². The van der Waals surface area contributed by atoms with Crippen molar-refractivity contribution in [2.45, 2.75) is 64.7 Å². The van der Waals surface area contributed by atoms with Crippen molar-refractivity contribution in [1.29, 1.82) is 0 Å². The molecule has 0 aliphatic heterocycles. The van der Waals surface area contributed by atoms with Crippen molar-refractivity contribution in [2.24, 2.45) is 0 Å². The summed E-state index contributed by atoms with van der Waals surface area (Å²) in [6.45, 7) is 17.9. The van der Waals surface area contributed by atoms with E-state index in [1.165, 1.54) is 48.8 Å². The van der Waals surface area contributed by atoms with Gasteiger partial charge >= 0.3 is 33.9 Å². The third-order valence-electron chi connectivity index (χ3n) is 4.88. The minimum atomic E-state index is 0. The number of rotatable bonds is 8. The number of anilines is 1. The van der Waals surface area contributed by atoms with Gasteiger partial charge in [0.05, 0.1) is 7.11 Å². The molecule has 0 saturated heterocycles. The molecule has 1 aromatic carbocycles. The minimum absolute atomic E-state index is 0. The van der Waals surface area contributed by atoms with Gasteiger partial charge in [-0.2, -0.15) is 0 Å². The van der Waals surface area contributed by atoms with E-state index in [0.29, 0.717) is 5.92 Å². The van der Waals surface area contributed by atoms with Crippen LogP contribution in [0.15, 0.2) is 30.4 Å². The molecule has 5 nitrogen and oxygen atoms in total. The Bertz CT molecular complexity index is 691. The standard InChI is InChI=1S/C21H31NO.3CO.Fe/c1-4-5-6-7-11-14-18-16(2)20(23-3)15-19(21(18)22)17-12-9-8-10-13-17;3*1-2;/h8-10,12,15,17H,4-7,11,13-14,22H2,1-3H3;;;;. The first kappa shape index (κ1) is 32.7. The van der Waals surface area contributed by atoms with Crippen molar-refractivity contribution in [2.75, 3.05) is 12.8 Å². The van der Waals surface area contributed by atoms with Crippen molar-refractivity contribution in [3.63, 3.8) is 0 Å². The van der Waals surface area contributed by atoms with Gasteiger partial charge in [-0.15, -0.1) is 0 Å². The molecule has 0 radical (unpaired) electrons. The number of nitrogen functional groups attached to an aromatic ring is 1. The fourth-order valence-corrected chi connectivity index (χ4v) is 3.41. The summed E-state index contributed by atoms with van der Waals surface area (Å²) in [6.07, 6.45) is 17.2. The molecular weight excluding hydrogens is 422 g/mol. The van der Waals surface area contributed by atoms with Crippen LogP contribution in [-0.4, -0.2) is 7.11 Å². The quantitative estimate of drug-likeness (QED) is 0.183. The van der Waals surface area contributed by atoms with E-state index in [0.717, 1.165) is 24.3 Å². The summed E-state index contributed by atoms with van der Waals surface area (Å²) in [4.78, 5) is 0. The molecule has 0 saturated carbocycles. The molecule has 0 amide bonds. The number of methoxy groups -OCH3 is 1. The van der Waals surface area contributed by atoms with Crippen LogP contribution in [0.4, 0.5) is 5.69 Å². The molecule has 0 bridgehead atoms. The Labute approximate surface area is 191 Å². The van der Waals surface area contributed by atoms with Gasteiger partial charge in [-0.3, -0.25) is 0 Å². The van der Waals surface area contributed by atoms with Crippen molar-refractivity contribution >= 4 is 5.69 Å². The van der Waals surface area contributed by atoms with Crippen LogP contribution in [0.3, 0.4) is 0 Å². The summed E-state index contributed by atoms with van der Waals surface area (Å²) in [5.41, 5.74) is 11.3. The second-order valence-corrected chi connectivity index (χ2v) is 6.50. The van der Waals surface area contributed by atoms with Crippen LogP contribution in [0.2, 0.25) is 0 Å². The smallest absolute Gasteiger partial charge is 0 e. The van der Waals surface area contributed by atoms with Crippen molar-refractivity contribution in [1.82, 2.24) is 0 Å². The monoisotopic (exact) mass is 453 g/mol. The first-order chi connectivity index (χ1) is 14.2. The number of hydrogen-bond acceptors (Lipinski definition) is 2. The second kappa shape index (κ2) is 21.7. The molecule has 6 heteroatoms. The molecule has 1 aliphatic rings. The van der Waals surface area contributed by atoms with Gasteiger partial charge in [0.2, 0.25) is 0 Å². The van der Waals surface area contributed by atoms with Gasteiger partial charge in [0.1, 0.15) is 5.75 Å². The number of ether oxygens (including phenoxy) is 1. The number of allylic oxidation sites excluding steroid dienone is 4. The molecule has 30 heavy (non-hydrogen) atoms. The van der Waals surface area contributed by atoms with Crippen molar-refractivity contribution in [3.05, 3.63) is 67.0 Å². The molecule has 0 heterocycles. The maximum Gasteiger partial charge on any atom is 0 e. The Morgan fingerprint density at radius 3 is 2.13 bits per heavy atom. The third-order valence-corrected chi connectivity index (χ3v) is 4.88. The van der Waals surface area contributed by atoms with Crippen LogP contribution in [0.1, 0.15) is 68.1 Å². The van der Waals surface area contributed by atoms with Crippen LogP contribution >= 0.6 is 0 Å². The van der Waals surface area contributed by atoms with Gasteiger partial charge in [0.25, 0.3) is 0 Å². The summed E-state index contributed by atoms with van der Waals surface area (Å²) in [5.74, 6) is 1.34. The SMILES string of the molecule is CCCCCCCc1c(C)c(OC)cc(C2C=CC=CC2)c1N.[C-]#[O+].[C-]#[O+].[C-]#[O+].[Fe]. The van der Waals surface area contributed by atoms with E-state index < -0.39 is 0 Å². The Hall–Kier alpha value is -1.96. The molecule has 0 spiro atoms. The Kier molecular flexibility index (Phi) is 23.7. The van der Waals surface area contributed by atoms with Gasteiger partial charge in [-0.1, -0.05) is 56.9 Å². The normalized spacial score (nSPS) is 13.0. The predicted octanol–water partition coefficient (Wildman–Crippen LogP) is 5.58. The molecule has 164 valence electrons. The van der Waals surface area contributed by atoms with E-state index in [1.807, 2.05) is 0 Å². The summed E-state index contributed by atoms with van der Waals surface area (Å²) in [7, 11) is 1.75. The zero-order valence-corrected chi connectivity index (χ0v) is 19.1. The Morgan fingerprint density at radius 1 is 1.03 bits per heavy atom. The van der Waals surface area contributed by atoms with E-state index in [1.54, 1.807) is 7.11 Å². The maximum absolute atomic E-state index is 7.50. The molecule has 0 aromatic heterocycles. The zero-order valence-electron chi connectivity index (χ0n) is 18.0. The summed E-state index contributed by atoms with van der Waals surface area (Å²) < 4.78 is 28.1. The Balaban J connectivity index is -0.000000955. The summed E-state index contributed by atoms with van der Waals surface area (Å²) in [6, 6.07) is 2.14. The zero-order chi connectivity index (χ0) is 22.7. The fraction of sp³-hybridized carbons (Fsp3) is 0.458. The van der Waals surface area contributed by atoms with Gasteiger partial charge in [-0.25, -0.2) is 0 Å². The van der Waals surface area contributed by atoms with E-state index in [2.05, 4.69) is 64.2 Å². The van der Waals surface area contributed by atoms with E-state index >= 15 is 0 Å². The molecule has 2 N–H and O–H groups in total. The number of hydrogen-bond donors (Lipinski definition) is 1. The maximum atomic E-state index is 7.50. The molecule has 0 fully saturated rings. The average Bonchev–Trinajstić information content (AvgIpc) is 2.80. The van der Waals surface area contributed by atoms with Crippen LogP contribution in [0.25, 0.3) is 0 Å². The molecule has 1 aliphatic carbocycles. The molecular formula is C24H31FeNO4. The van der Waals surface area contributed by atoms with E-state index in [9.17, 15) is 0 Å². The predicted molar refractivity (Wildman–Crippen MR) is 112 cm³/mol. The number of nitrogens with two attached hydrogens (primary N) is 1. The fourth-order valence-electron chi connectivity index (χ4n) is 3.41. The molecule has 2 rings (SSSR count). The largest absolute Gasteiger partial charge is 0 e. The van der Waals surface area contributed by atoms with Crippen LogP contribution < -0.4 is 10.5 Å². The Morgan fingerprint density at radius 2 is 1.63 bits per heavy atom. The van der Waals surface area contributed by atoms with E-state index in [-0.39, 0.29) is 17.1 Å². The molecule has 1 unspecified atom stereocenters. The minimum Gasteiger partial charge on any atom is 0 e. The molecule has 1 aromatic rings. The van der Waals surface area contributed by atoms with Gasteiger partial charge in [0.15, 0.2) is 0 Å². The summed E-state index contributed by atoms with van der Waals surface area (Å²) >= 11 is 0. The first-order valence-corrected chi connectivity index (χ1v) is 9.59. The van der Waals surface area contributed by atoms with Crippen LogP contribution in [0.5, 0.6) is 5.75 Å². The van der Waals surface area contributed by atoms with Crippen LogP contribution in [-0.2, 0) is 37.4 Å². The first-order valence-electron chi connectivity index (χ1n) is 9.59. The van der Waals surface area contributed by atoms with Crippen LogP contribution in [0, 0.1) is 26.9 Å². The summed E-state index contributed by atoms with van der Waals surface area (Å²) in [5, 5.41) is 0. The topological polar surface area (TPSA) is 94.9 Å². The van der Waals surface area contributed by atoms with Gasteiger partial charge < -0.3 is 10.5 Å². The molecule has 1 atom stereocenters. The van der Waals surface area contributed by atoms with E-state index in [4.69, 9.17) is 24.4 Å². The van der Waals surface area contributed by atoms with Crippen molar-refractivity contribution < 1.29 is 35.8 Å². The van der Waals surface area contributed by atoms with Gasteiger partial charge in [0, 0.05) is 28.7 Å². The second-order valence-electron chi connectivity index (χ2n) is 6.50. The van der Waals surface area contributed by atoms with Gasteiger partial charge in [-0.05, 0) is 48.9 Å². The average molecular weight is 453 g/mol. The third kappa shape index (κ3) is 10.7.